The van der Waals surface area contributed by atoms with Crippen molar-refractivity contribution in [1.29, 1.82) is 0 Å². The standard InChI is InChI=1S/C14H11ClF3NO2/c15-7-10(12-11(19)4-5-21-12)8-2-1-3-9(6-8)13(20)14(16,17)18/h1-7,13,20H,19H2/b10-7+. The van der Waals surface area contributed by atoms with Crippen LogP contribution in [0.2, 0.25) is 0 Å². The summed E-state index contributed by atoms with van der Waals surface area (Å²) in [6, 6.07) is 6.80. The van der Waals surface area contributed by atoms with Crippen LogP contribution in [0.4, 0.5) is 18.9 Å². The van der Waals surface area contributed by atoms with E-state index < -0.39 is 12.3 Å². The molecule has 21 heavy (non-hydrogen) atoms. The van der Waals surface area contributed by atoms with Gasteiger partial charge in [0.25, 0.3) is 0 Å². The molecule has 1 atom stereocenters. The summed E-state index contributed by atoms with van der Waals surface area (Å²) in [5.41, 5.74) is 7.56. The van der Waals surface area contributed by atoms with E-state index in [4.69, 9.17) is 21.8 Å². The molecule has 0 spiro atoms. The van der Waals surface area contributed by atoms with E-state index in [1.165, 1.54) is 30.5 Å². The SMILES string of the molecule is Nc1ccoc1/C(=C/Cl)c1cccc(C(O)C(F)(F)F)c1. The Labute approximate surface area is 123 Å². The first kappa shape index (κ1) is 15.5. The minimum atomic E-state index is -4.74. The smallest absolute Gasteiger partial charge is 0.418 e. The number of nitrogen functional groups attached to an aromatic ring is 1. The second-order valence-corrected chi connectivity index (χ2v) is 4.52. The van der Waals surface area contributed by atoms with Gasteiger partial charge in [-0.2, -0.15) is 13.2 Å². The van der Waals surface area contributed by atoms with Crippen LogP contribution in [0, 0.1) is 0 Å². The summed E-state index contributed by atoms with van der Waals surface area (Å²) in [6.07, 6.45) is -5.96. The molecule has 112 valence electrons. The number of nitrogens with two attached hydrogens (primary N) is 1. The molecule has 2 rings (SSSR count). The maximum atomic E-state index is 12.6. The number of alkyl halides is 3. The molecule has 0 aliphatic heterocycles. The van der Waals surface area contributed by atoms with Crippen LogP contribution in [-0.4, -0.2) is 11.3 Å². The molecular weight excluding hydrogens is 307 g/mol. The van der Waals surface area contributed by atoms with Gasteiger partial charge in [-0.05, 0) is 17.2 Å². The van der Waals surface area contributed by atoms with Gasteiger partial charge in [-0.3, -0.25) is 0 Å². The predicted octanol–water partition coefficient (Wildman–Crippen LogP) is 4.09. The van der Waals surface area contributed by atoms with Gasteiger partial charge in [0.2, 0.25) is 0 Å². The normalized spacial score (nSPS) is 14.2. The highest BCUT2D eigenvalue weighted by Crippen LogP contribution is 2.35. The molecule has 0 radical (unpaired) electrons. The molecule has 0 bridgehead atoms. The van der Waals surface area contributed by atoms with Crippen LogP contribution in [0.15, 0.2) is 46.5 Å². The fourth-order valence-electron chi connectivity index (χ4n) is 1.85. The van der Waals surface area contributed by atoms with Crippen molar-refractivity contribution >= 4 is 22.9 Å². The van der Waals surface area contributed by atoms with E-state index in [1.807, 2.05) is 0 Å². The van der Waals surface area contributed by atoms with Crippen LogP contribution in [0.25, 0.3) is 5.57 Å². The minimum absolute atomic E-state index is 0.253. The Morgan fingerprint density at radius 1 is 1.33 bits per heavy atom. The van der Waals surface area contributed by atoms with Crippen LogP contribution < -0.4 is 5.73 Å². The maximum Gasteiger partial charge on any atom is 0.418 e. The molecule has 0 aliphatic rings. The Bertz CT molecular complexity index is 664. The fourth-order valence-corrected chi connectivity index (χ4v) is 2.07. The van der Waals surface area contributed by atoms with Gasteiger partial charge in [0.15, 0.2) is 11.9 Å². The number of benzene rings is 1. The molecule has 0 aliphatic carbocycles. The first-order chi connectivity index (χ1) is 9.84. The van der Waals surface area contributed by atoms with Crippen molar-refractivity contribution in [1.82, 2.24) is 0 Å². The zero-order chi connectivity index (χ0) is 15.6. The molecule has 1 heterocycles. The average molecular weight is 318 g/mol. The molecule has 0 amide bonds. The van der Waals surface area contributed by atoms with E-state index in [1.54, 1.807) is 6.07 Å². The van der Waals surface area contributed by atoms with Gasteiger partial charge in [0.1, 0.15) is 0 Å². The van der Waals surface area contributed by atoms with Crippen LogP contribution in [0.1, 0.15) is 23.0 Å². The lowest BCUT2D eigenvalue weighted by Gasteiger charge is -2.16. The molecule has 0 fully saturated rings. The number of halogens is 4. The number of rotatable bonds is 3. The zero-order valence-electron chi connectivity index (χ0n) is 10.6. The molecule has 1 unspecified atom stereocenters. The average Bonchev–Trinajstić information content (AvgIpc) is 2.85. The first-order valence-corrected chi connectivity index (χ1v) is 6.27. The number of aliphatic hydroxyl groups is 1. The lowest BCUT2D eigenvalue weighted by Crippen LogP contribution is -2.20. The third-order valence-electron chi connectivity index (χ3n) is 2.87. The van der Waals surface area contributed by atoms with Crippen LogP contribution >= 0.6 is 11.6 Å². The second kappa shape index (κ2) is 5.83. The summed E-state index contributed by atoms with van der Waals surface area (Å²) < 4.78 is 42.9. The van der Waals surface area contributed by atoms with Crippen molar-refractivity contribution in [3.63, 3.8) is 0 Å². The van der Waals surface area contributed by atoms with Crippen molar-refractivity contribution in [2.75, 3.05) is 5.73 Å². The predicted molar refractivity (Wildman–Crippen MR) is 73.5 cm³/mol. The number of aliphatic hydroxyl groups excluding tert-OH is 1. The van der Waals surface area contributed by atoms with Crippen molar-refractivity contribution in [3.05, 3.63) is 59.0 Å². The summed E-state index contributed by atoms with van der Waals surface area (Å²) in [4.78, 5) is 0. The van der Waals surface area contributed by atoms with Crippen molar-refractivity contribution < 1.29 is 22.7 Å². The molecule has 0 saturated heterocycles. The maximum absolute atomic E-state index is 12.6. The highest BCUT2D eigenvalue weighted by Gasteiger charge is 2.39. The van der Waals surface area contributed by atoms with Gasteiger partial charge in [-0.1, -0.05) is 29.8 Å². The number of hydrogen-bond donors (Lipinski definition) is 2. The van der Waals surface area contributed by atoms with Gasteiger partial charge in [-0.15, -0.1) is 0 Å². The molecule has 3 nitrogen and oxygen atoms in total. The van der Waals surface area contributed by atoms with E-state index >= 15 is 0 Å². The summed E-state index contributed by atoms with van der Waals surface area (Å²) >= 11 is 5.73. The molecular formula is C14H11ClF3NO2. The van der Waals surface area contributed by atoms with Gasteiger partial charge in [0.05, 0.1) is 12.0 Å². The Morgan fingerprint density at radius 2 is 2.05 bits per heavy atom. The van der Waals surface area contributed by atoms with Crippen molar-refractivity contribution in [2.24, 2.45) is 0 Å². The van der Waals surface area contributed by atoms with E-state index in [2.05, 4.69) is 0 Å². The number of furan rings is 1. The molecule has 1 aromatic heterocycles. The third kappa shape index (κ3) is 3.22. The third-order valence-corrected chi connectivity index (χ3v) is 3.09. The molecule has 0 saturated carbocycles. The monoisotopic (exact) mass is 317 g/mol. The molecule has 3 N–H and O–H groups in total. The van der Waals surface area contributed by atoms with Crippen molar-refractivity contribution in [2.45, 2.75) is 12.3 Å². The van der Waals surface area contributed by atoms with Gasteiger partial charge in [0, 0.05) is 17.2 Å². The summed E-state index contributed by atoms with van der Waals surface area (Å²) in [5, 5.41) is 9.30. The van der Waals surface area contributed by atoms with Crippen LogP contribution in [0.3, 0.4) is 0 Å². The van der Waals surface area contributed by atoms with E-state index in [-0.39, 0.29) is 11.3 Å². The Hall–Kier alpha value is -1.92. The van der Waals surface area contributed by atoms with Gasteiger partial charge >= 0.3 is 6.18 Å². The fraction of sp³-hybridized carbons (Fsp3) is 0.143. The van der Waals surface area contributed by atoms with Crippen LogP contribution in [0.5, 0.6) is 0 Å². The first-order valence-electron chi connectivity index (χ1n) is 5.83. The van der Waals surface area contributed by atoms with Crippen molar-refractivity contribution in [3.8, 4) is 0 Å². The van der Waals surface area contributed by atoms with E-state index in [0.29, 0.717) is 16.8 Å². The lowest BCUT2D eigenvalue weighted by molar-refractivity contribution is -0.206. The summed E-state index contributed by atoms with van der Waals surface area (Å²) in [5.74, 6) is 0.253. The lowest BCUT2D eigenvalue weighted by atomic mass is 9.99. The summed E-state index contributed by atoms with van der Waals surface area (Å²) in [6.45, 7) is 0. The second-order valence-electron chi connectivity index (χ2n) is 4.30. The van der Waals surface area contributed by atoms with Crippen LogP contribution in [-0.2, 0) is 0 Å². The van der Waals surface area contributed by atoms with Gasteiger partial charge in [-0.25, -0.2) is 0 Å². The van der Waals surface area contributed by atoms with E-state index in [0.717, 1.165) is 5.54 Å². The molecule has 7 heteroatoms. The van der Waals surface area contributed by atoms with E-state index in [9.17, 15) is 18.3 Å². The largest absolute Gasteiger partial charge is 0.462 e. The molecule has 2 aromatic rings. The zero-order valence-corrected chi connectivity index (χ0v) is 11.3. The van der Waals surface area contributed by atoms with Gasteiger partial charge < -0.3 is 15.3 Å². The summed E-state index contributed by atoms with van der Waals surface area (Å²) in [7, 11) is 0. The molecule has 1 aromatic carbocycles. The highest BCUT2D eigenvalue weighted by atomic mass is 35.5. The Balaban J connectivity index is 2.44. The Kier molecular flexibility index (Phi) is 4.29. The minimum Gasteiger partial charge on any atom is -0.462 e. The Morgan fingerprint density at radius 3 is 2.57 bits per heavy atom. The highest BCUT2D eigenvalue weighted by molar-refractivity contribution is 6.29. The number of hydrogen-bond acceptors (Lipinski definition) is 3. The topological polar surface area (TPSA) is 59.4 Å². The number of anilines is 1. The quantitative estimate of drug-likeness (QED) is 0.896.